The molecule has 2 atom stereocenters. The lowest BCUT2D eigenvalue weighted by Crippen LogP contribution is -2.29. The van der Waals surface area contributed by atoms with Crippen molar-refractivity contribution in [1.82, 2.24) is 4.98 Å². The number of hydrogen-bond acceptors (Lipinski definition) is 7. The Balaban J connectivity index is 1.54. The van der Waals surface area contributed by atoms with Crippen molar-refractivity contribution in [1.29, 1.82) is 0 Å². The number of carbonyl (C=O) groups excluding carboxylic acids is 2. The number of rotatable bonds is 5. The largest absolute Gasteiger partial charge is 0.507 e. The first kappa shape index (κ1) is 24.2. The maximum atomic E-state index is 13.6. The molecule has 6 rings (SSSR count). The van der Waals surface area contributed by atoms with Crippen molar-refractivity contribution in [2.75, 3.05) is 11.5 Å². The lowest BCUT2D eigenvalue weighted by molar-refractivity contribution is -0.132. The van der Waals surface area contributed by atoms with E-state index < -0.39 is 17.7 Å². The van der Waals surface area contributed by atoms with Crippen LogP contribution in [0.5, 0.6) is 11.5 Å². The van der Waals surface area contributed by atoms with Gasteiger partial charge in [-0.1, -0.05) is 29.5 Å². The van der Waals surface area contributed by atoms with Gasteiger partial charge in [-0.15, -0.1) is 0 Å². The molecule has 0 saturated carbocycles. The number of aliphatic hydroxyl groups excluding tert-OH is 1. The van der Waals surface area contributed by atoms with Crippen LogP contribution in [0.15, 0.2) is 66.2 Å². The highest BCUT2D eigenvalue weighted by molar-refractivity contribution is 7.22. The number of amides is 1. The number of nitrogens with zero attached hydrogens (tertiary/aromatic N) is 2. The zero-order chi connectivity index (χ0) is 26.6. The molecule has 4 aromatic rings. The zero-order valence-electron chi connectivity index (χ0n) is 21.2. The predicted molar refractivity (Wildman–Crippen MR) is 147 cm³/mol. The highest BCUT2D eigenvalue weighted by Crippen LogP contribution is 2.45. The first-order chi connectivity index (χ1) is 18.3. The molecule has 0 radical (unpaired) electrons. The second-order valence-electron chi connectivity index (χ2n) is 9.60. The number of thiazole rings is 1. The molecular weight excluding hydrogens is 500 g/mol. The number of carbonyl (C=O) groups is 2. The Labute approximate surface area is 224 Å². The maximum Gasteiger partial charge on any atom is 0.301 e. The average Bonchev–Trinajstić information content (AvgIpc) is 3.56. The molecule has 7 nitrogen and oxygen atoms in total. The normalized spacial score (nSPS) is 20.1. The Morgan fingerprint density at radius 2 is 2.00 bits per heavy atom. The number of benzene rings is 3. The molecule has 0 unspecified atom stereocenters. The first-order valence-electron chi connectivity index (χ1n) is 12.5. The third-order valence-electron chi connectivity index (χ3n) is 6.84. The topological polar surface area (TPSA) is 89.0 Å². The van der Waals surface area contributed by atoms with Gasteiger partial charge in [-0.05, 0) is 79.9 Å². The number of ketones is 1. The zero-order valence-corrected chi connectivity index (χ0v) is 22.0. The van der Waals surface area contributed by atoms with Crippen LogP contribution in [0.3, 0.4) is 0 Å². The first-order valence-corrected chi connectivity index (χ1v) is 13.4. The summed E-state index contributed by atoms with van der Waals surface area (Å²) >= 11 is 1.34. The van der Waals surface area contributed by atoms with Crippen molar-refractivity contribution in [3.63, 3.8) is 0 Å². The minimum absolute atomic E-state index is 0.0194. The van der Waals surface area contributed by atoms with Gasteiger partial charge in [0.25, 0.3) is 5.78 Å². The Hall–Kier alpha value is -4.17. The Bertz CT molecular complexity index is 1640. The molecule has 3 aromatic carbocycles. The van der Waals surface area contributed by atoms with E-state index in [1.54, 1.807) is 18.2 Å². The molecule has 38 heavy (non-hydrogen) atoms. The fourth-order valence-electron chi connectivity index (χ4n) is 5.13. The summed E-state index contributed by atoms with van der Waals surface area (Å²) in [5.41, 5.74) is 3.89. The van der Waals surface area contributed by atoms with Crippen molar-refractivity contribution in [3.8, 4) is 11.5 Å². The third-order valence-corrected chi connectivity index (χ3v) is 7.85. The van der Waals surface area contributed by atoms with Gasteiger partial charge in [0.05, 0.1) is 28.4 Å². The Morgan fingerprint density at radius 1 is 1.16 bits per heavy atom. The molecule has 0 bridgehead atoms. The van der Waals surface area contributed by atoms with E-state index in [1.807, 2.05) is 63.2 Å². The summed E-state index contributed by atoms with van der Waals surface area (Å²) in [6.45, 7) is 6.33. The van der Waals surface area contributed by atoms with Crippen molar-refractivity contribution in [2.45, 2.75) is 39.3 Å². The van der Waals surface area contributed by atoms with Gasteiger partial charge in [0.2, 0.25) is 0 Å². The van der Waals surface area contributed by atoms with Gasteiger partial charge >= 0.3 is 5.91 Å². The smallest absolute Gasteiger partial charge is 0.301 e. The van der Waals surface area contributed by atoms with Crippen molar-refractivity contribution in [2.24, 2.45) is 0 Å². The van der Waals surface area contributed by atoms with E-state index in [0.29, 0.717) is 35.0 Å². The molecule has 192 valence electrons. The molecule has 1 aromatic heterocycles. The van der Waals surface area contributed by atoms with Gasteiger partial charge < -0.3 is 14.6 Å². The third kappa shape index (κ3) is 4.01. The van der Waals surface area contributed by atoms with E-state index in [9.17, 15) is 14.7 Å². The quantitative estimate of drug-likeness (QED) is 0.196. The monoisotopic (exact) mass is 526 g/mol. The highest BCUT2D eigenvalue weighted by atomic mass is 32.1. The lowest BCUT2D eigenvalue weighted by atomic mass is 9.94. The number of ether oxygens (including phenoxy) is 2. The van der Waals surface area contributed by atoms with E-state index in [0.717, 1.165) is 27.1 Å². The summed E-state index contributed by atoms with van der Waals surface area (Å²) < 4.78 is 12.4. The Morgan fingerprint density at radius 3 is 2.82 bits per heavy atom. The van der Waals surface area contributed by atoms with Gasteiger partial charge in [-0.2, -0.15) is 0 Å². The number of fused-ring (bicyclic) bond motifs is 2. The van der Waals surface area contributed by atoms with Crippen LogP contribution in [-0.2, 0) is 16.0 Å². The van der Waals surface area contributed by atoms with Crippen molar-refractivity contribution < 1.29 is 24.2 Å². The van der Waals surface area contributed by atoms with Crippen molar-refractivity contribution in [3.05, 3.63) is 88.5 Å². The predicted octanol–water partition coefficient (Wildman–Crippen LogP) is 5.95. The van der Waals surface area contributed by atoms with Crippen LogP contribution in [-0.4, -0.2) is 34.5 Å². The highest BCUT2D eigenvalue weighted by Gasteiger charge is 2.48. The van der Waals surface area contributed by atoms with E-state index >= 15 is 0 Å². The van der Waals surface area contributed by atoms with Gasteiger partial charge in [-0.3, -0.25) is 14.5 Å². The molecule has 1 N–H and O–H groups in total. The fourth-order valence-corrected chi connectivity index (χ4v) is 6.22. The summed E-state index contributed by atoms with van der Waals surface area (Å²) in [6.07, 6.45) is 0.743. The van der Waals surface area contributed by atoms with Crippen LogP contribution in [0, 0.1) is 6.92 Å². The van der Waals surface area contributed by atoms with E-state index in [1.165, 1.54) is 16.2 Å². The summed E-state index contributed by atoms with van der Waals surface area (Å²) in [4.78, 5) is 33.2. The average molecular weight is 527 g/mol. The van der Waals surface area contributed by atoms with Crippen molar-refractivity contribution >= 4 is 44.1 Å². The lowest BCUT2D eigenvalue weighted by Gasteiger charge is -2.23. The van der Waals surface area contributed by atoms with Gasteiger partial charge in [0.15, 0.2) is 5.13 Å². The minimum atomic E-state index is -0.875. The number of hydrogen-bond donors (Lipinski definition) is 1. The molecule has 2 aliphatic heterocycles. The van der Waals surface area contributed by atoms with Crippen LogP contribution in [0.4, 0.5) is 5.13 Å². The van der Waals surface area contributed by atoms with Crippen LogP contribution in [0.2, 0.25) is 0 Å². The molecular formula is C30H26N2O5S. The number of aryl methyl sites for hydroxylation is 1. The SMILES string of the molecule is CCOc1cccc([C@@H]2/C(=C(\O)c3ccc4c(c3)C[C@H](C)O4)C(=O)C(=O)N2c2nc3ccc(C)cc3s2)c1. The second-order valence-corrected chi connectivity index (χ2v) is 10.6. The van der Waals surface area contributed by atoms with Crippen LogP contribution in [0.25, 0.3) is 16.0 Å². The standard InChI is InChI=1S/C30H26N2O5S/c1-4-36-21-7-5-6-18(15-21)26-25(27(33)19-9-11-23-20(14-19)13-17(3)37-23)28(34)29(35)32(26)30-31-22-10-8-16(2)12-24(22)38-30/h5-12,14-15,17,26,33H,4,13H2,1-3H3/b27-25+/t17-,26+/m0/s1. The number of aromatic nitrogens is 1. The van der Waals surface area contributed by atoms with E-state index in [2.05, 4.69) is 0 Å². The summed E-state index contributed by atoms with van der Waals surface area (Å²) in [5, 5.41) is 11.9. The van der Waals surface area contributed by atoms with E-state index in [-0.39, 0.29) is 17.4 Å². The summed E-state index contributed by atoms with van der Waals surface area (Å²) in [6, 6.07) is 17.6. The van der Waals surface area contributed by atoms with Gasteiger partial charge in [0.1, 0.15) is 23.4 Å². The molecule has 8 heteroatoms. The van der Waals surface area contributed by atoms with Gasteiger partial charge in [-0.25, -0.2) is 4.98 Å². The minimum Gasteiger partial charge on any atom is -0.507 e. The second kappa shape index (κ2) is 9.29. The molecule has 0 aliphatic carbocycles. The molecule has 1 fully saturated rings. The maximum absolute atomic E-state index is 13.6. The van der Waals surface area contributed by atoms with Crippen LogP contribution < -0.4 is 14.4 Å². The van der Waals surface area contributed by atoms with E-state index in [4.69, 9.17) is 14.5 Å². The Kier molecular flexibility index (Phi) is 5.91. The molecule has 3 heterocycles. The fraction of sp³-hybridized carbons (Fsp3) is 0.233. The van der Waals surface area contributed by atoms with Crippen LogP contribution >= 0.6 is 11.3 Å². The summed E-state index contributed by atoms with van der Waals surface area (Å²) in [5.74, 6) is -0.335. The number of anilines is 1. The molecule has 1 saturated heterocycles. The van der Waals surface area contributed by atoms with Gasteiger partial charge in [0, 0.05) is 12.0 Å². The summed E-state index contributed by atoms with van der Waals surface area (Å²) in [7, 11) is 0. The number of Topliss-reactive ketones (excluding diaryl/α,β-unsaturated/α-hetero) is 1. The molecule has 0 spiro atoms. The number of aliphatic hydroxyl groups is 1. The molecule has 1 amide bonds. The molecule has 2 aliphatic rings. The van der Waals surface area contributed by atoms with Crippen LogP contribution in [0.1, 0.15) is 42.1 Å².